The summed E-state index contributed by atoms with van der Waals surface area (Å²) in [6, 6.07) is 6.63. The molecule has 0 heterocycles. The molecule has 2 rings (SSSR count). The van der Waals surface area contributed by atoms with E-state index in [2.05, 4.69) is 37.4 Å². The van der Waals surface area contributed by atoms with Crippen LogP contribution in [-0.2, 0) is 10.3 Å². The molecule has 0 aromatic heterocycles. The highest BCUT2D eigenvalue weighted by atomic mass is 16.1. The van der Waals surface area contributed by atoms with Crippen LogP contribution in [0, 0.1) is 13.8 Å². The van der Waals surface area contributed by atoms with Crippen LogP contribution >= 0.6 is 0 Å². The molecule has 0 radical (unpaired) electrons. The minimum absolute atomic E-state index is 0.298. The molecule has 1 saturated carbocycles. The van der Waals surface area contributed by atoms with Gasteiger partial charge in [-0.15, -0.1) is 0 Å². The van der Waals surface area contributed by atoms with Gasteiger partial charge in [0, 0.05) is 6.04 Å². The average Bonchev–Trinajstić information content (AvgIpc) is 2.38. The minimum Gasteiger partial charge on any atom is -0.368 e. The van der Waals surface area contributed by atoms with Crippen molar-refractivity contribution < 1.29 is 4.79 Å². The maximum atomic E-state index is 12.1. The Morgan fingerprint density at radius 3 is 2.20 bits per heavy atom. The van der Waals surface area contributed by atoms with Gasteiger partial charge in [0.1, 0.15) is 5.54 Å². The highest BCUT2D eigenvalue weighted by Crippen LogP contribution is 2.27. The maximum Gasteiger partial charge on any atom is 0.242 e. The lowest BCUT2D eigenvalue weighted by Crippen LogP contribution is -2.54. The summed E-state index contributed by atoms with van der Waals surface area (Å²) in [4.78, 5) is 12.1. The topological polar surface area (TPSA) is 55.1 Å². The van der Waals surface area contributed by atoms with Crippen LogP contribution in [0.4, 0.5) is 0 Å². The summed E-state index contributed by atoms with van der Waals surface area (Å²) < 4.78 is 0. The van der Waals surface area contributed by atoms with Crippen molar-refractivity contribution in [2.75, 3.05) is 0 Å². The molecule has 1 unspecified atom stereocenters. The first-order chi connectivity index (χ1) is 9.41. The Morgan fingerprint density at radius 1 is 1.15 bits per heavy atom. The first-order valence-electron chi connectivity index (χ1n) is 7.58. The zero-order valence-corrected chi connectivity index (χ0v) is 12.8. The summed E-state index contributed by atoms with van der Waals surface area (Å²) in [5.74, 6) is -0.298. The van der Waals surface area contributed by atoms with Crippen molar-refractivity contribution in [1.82, 2.24) is 5.32 Å². The molecule has 0 bridgehead atoms. The summed E-state index contributed by atoms with van der Waals surface area (Å²) in [5, 5.41) is 3.53. The quantitative estimate of drug-likeness (QED) is 0.887. The molecule has 3 N–H and O–H groups in total. The van der Waals surface area contributed by atoms with Gasteiger partial charge in [0.2, 0.25) is 5.91 Å². The molecule has 1 aliphatic rings. The Labute approximate surface area is 121 Å². The zero-order chi connectivity index (χ0) is 14.8. The molecule has 1 aromatic carbocycles. The van der Waals surface area contributed by atoms with Gasteiger partial charge in [-0.3, -0.25) is 10.1 Å². The number of primary amides is 1. The minimum atomic E-state index is -0.779. The van der Waals surface area contributed by atoms with Gasteiger partial charge in [0.15, 0.2) is 0 Å². The van der Waals surface area contributed by atoms with Crippen molar-refractivity contribution in [1.29, 1.82) is 0 Å². The molecule has 1 aromatic rings. The second-order valence-corrected chi connectivity index (χ2v) is 6.34. The summed E-state index contributed by atoms with van der Waals surface area (Å²) in [6.45, 7) is 6.02. The number of benzene rings is 1. The first-order valence-corrected chi connectivity index (χ1v) is 7.58. The van der Waals surface area contributed by atoms with Crippen molar-refractivity contribution in [3.63, 3.8) is 0 Å². The SMILES string of the molecule is Cc1cc(C)cc(C(C)(NC2CCCCC2)C(N)=O)c1. The van der Waals surface area contributed by atoms with E-state index in [9.17, 15) is 4.79 Å². The van der Waals surface area contributed by atoms with Crippen molar-refractivity contribution in [2.45, 2.75) is 64.5 Å². The van der Waals surface area contributed by atoms with Crippen LogP contribution in [0.5, 0.6) is 0 Å². The third-order valence-corrected chi connectivity index (χ3v) is 4.39. The molecule has 3 heteroatoms. The molecule has 1 amide bonds. The van der Waals surface area contributed by atoms with E-state index in [-0.39, 0.29) is 5.91 Å². The second-order valence-electron chi connectivity index (χ2n) is 6.34. The Morgan fingerprint density at radius 2 is 1.70 bits per heavy atom. The molecule has 1 atom stereocenters. The van der Waals surface area contributed by atoms with Crippen molar-refractivity contribution >= 4 is 5.91 Å². The molecule has 0 aliphatic heterocycles. The summed E-state index contributed by atoms with van der Waals surface area (Å²) in [7, 11) is 0. The van der Waals surface area contributed by atoms with Crippen LogP contribution in [0.25, 0.3) is 0 Å². The Bertz CT molecular complexity index is 472. The summed E-state index contributed by atoms with van der Waals surface area (Å²) >= 11 is 0. The molecule has 1 fully saturated rings. The van der Waals surface area contributed by atoms with Crippen molar-refractivity contribution in [3.05, 3.63) is 34.9 Å². The predicted octanol–water partition coefficient (Wildman–Crippen LogP) is 2.93. The van der Waals surface area contributed by atoms with Gasteiger partial charge in [0.05, 0.1) is 0 Å². The van der Waals surface area contributed by atoms with Crippen LogP contribution in [-0.4, -0.2) is 11.9 Å². The van der Waals surface area contributed by atoms with Crippen LogP contribution in [0.2, 0.25) is 0 Å². The van der Waals surface area contributed by atoms with E-state index < -0.39 is 5.54 Å². The lowest BCUT2D eigenvalue weighted by atomic mass is 9.85. The van der Waals surface area contributed by atoms with Crippen LogP contribution < -0.4 is 11.1 Å². The standard InChI is InChI=1S/C17H26N2O/c1-12-9-13(2)11-14(10-12)17(3,16(18)20)19-15-7-5-4-6-8-15/h9-11,15,19H,4-8H2,1-3H3,(H2,18,20). The van der Waals surface area contributed by atoms with E-state index in [0.29, 0.717) is 6.04 Å². The fourth-order valence-corrected chi connectivity index (χ4v) is 3.22. The predicted molar refractivity (Wildman–Crippen MR) is 82.5 cm³/mol. The zero-order valence-electron chi connectivity index (χ0n) is 12.8. The van der Waals surface area contributed by atoms with Gasteiger partial charge in [-0.25, -0.2) is 0 Å². The molecule has 3 nitrogen and oxygen atoms in total. The fourth-order valence-electron chi connectivity index (χ4n) is 3.22. The number of hydrogen-bond acceptors (Lipinski definition) is 2. The van der Waals surface area contributed by atoms with Gasteiger partial charge in [-0.2, -0.15) is 0 Å². The maximum absolute atomic E-state index is 12.1. The fraction of sp³-hybridized carbons (Fsp3) is 0.588. The third kappa shape index (κ3) is 3.21. The van der Waals surface area contributed by atoms with Crippen molar-refractivity contribution in [3.8, 4) is 0 Å². The second kappa shape index (κ2) is 5.96. The first kappa shape index (κ1) is 15.0. The van der Waals surface area contributed by atoms with Gasteiger partial charge in [0.25, 0.3) is 0 Å². The van der Waals surface area contributed by atoms with E-state index in [1.807, 2.05) is 6.92 Å². The van der Waals surface area contributed by atoms with Gasteiger partial charge in [-0.05, 0) is 39.2 Å². The van der Waals surface area contributed by atoms with Crippen LogP contribution in [0.15, 0.2) is 18.2 Å². The number of nitrogens with two attached hydrogens (primary N) is 1. The smallest absolute Gasteiger partial charge is 0.242 e. The van der Waals surface area contributed by atoms with Crippen molar-refractivity contribution in [2.24, 2.45) is 5.73 Å². The number of hydrogen-bond donors (Lipinski definition) is 2. The molecular formula is C17H26N2O. The highest BCUT2D eigenvalue weighted by Gasteiger charge is 2.35. The number of aryl methyl sites for hydroxylation is 2. The third-order valence-electron chi connectivity index (χ3n) is 4.39. The highest BCUT2D eigenvalue weighted by molar-refractivity contribution is 5.85. The molecule has 20 heavy (non-hydrogen) atoms. The number of rotatable bonds is 4. The average molecular weight is 274 g/mol. The van der Waals surface area contributed by atoms with E-state index >= 15 is 0 Å². The van der Waals surface area contributed by atoms with Gasteiger partial charge < -0.3 is 5.73 Å². The van der Waals surface area contributed by atoms with Gasteiger partial charge >= 0.3 is 0 Å². The Balaban J connectivity index is 2.30. The largest absolute Gasteiger partial charge is 0.368 e. The van der Waals surface area contributed by atoms with E-state index in [4.69, 9.17) is 5.73 Å². The number of nitrogens with one attached hydrogen (secondary N) is 1. The molecule has 0 spiro atoms. The van der Waals surface area contributed by atoms with Crippen LogP contribution in [0.3, 0.4) is 0 Å². The lowest BCUT2D eigenvalue weighted by molar-refractivity contribution is -0.124. The number of carbonyl (C=O) groups excluding carboxylic acids is 1. The molecule has 0 saturated heterocycles. The number of carbonyl (C=O) groups is 1. The summed E-state index contributed by atoms with van der Waals surface area (Å²) in [6.07, 6.45) is 6.04. The number of amides is 1. The summed E-state index contributed by atoms with van der Waals surface area (Å²) in [5.41, 5.74) is 8.25. The molecule has 110 valence electrons. The Hall–Kier alpha value is -1.35. The van der Waals surface area contributed by atoms with E-state index in [0.717, 1.165) is 29.5 Å². The molecule has 1 aliphatic carbocycles. The monoisotopic (exact) mass is 274 g/mol. The lowest BCUT2D eigenvalue weighted by Gasteiger charge is -2.35. The normalized spacial score (nSPS) is 19.6. The van der Waals surface area contributed by atoms with Crippen LogP contribution in [0.1, 0.15) is 55.7 Å². The van der Waals surface area contributed by atoms with Gasteiger partial charge in [-0.1, -0.05) is 48.6 Å². The van der Waals surface area contributed by atoms with E-state index in [1.54, 1.807) is 0 Å². The van der Waals surface area contributed by atoms with E-state index in [1.165, 1.54) is 19.3 Å². The Kier molecular flexibility index (Phi) is 4.48. The molecular weight excluding hydrogens is 248 g/mol.